The van der Waals surface area contributed by atoms with Crippen LogP contribution in [0.25, 0.3) is 0 Å². The minimum absolute atomic E-state index is 0.233. The lowest BCUT2D eigenvalue weighted by atomic mass is 10.1. The molecule has 150 valence electrons. The van der Waals surface area contributed by atoms with Gasteiger partial charge in [0, 0.05) is 10.0 Å². The Morgan fingerprint density at radius 1 is 0.833 bits per heavy atom. The quantitative estimate of drug-likeness (QED) is 0.527. The maximum absolute atomic E-state index is 13.1. The Morgan fingerprint density at radius 3 is 2.23 bits per heavy atom. The molecule has 0 saturated carbocycles. The van der Waals surface area contributed by atoms with Gasteiger partial charge < -0.3 is 5.32 Å². The minimum atomic E-state index is -0.421. The zero-order chi connectivity index (χ0) is 21.6. The molecule has 1 N–H and O–H groups in total. The zero-order valence-electron chi connectivity index (χ0n) is 16.7. The molecule has 0 aliphatic carbocycles. The minimum Gasteiger partial charge on any atom is -0.321 e. The van der Waals surface area contributed by atoms with Gasteiger partial charge in [-0.3, -0.25) is 14.4 Å². The first-order valence-corrected chi connectivity index (χ1v) is 10.2. The van der Waals surface area contributed by atoms with Gasteiger partial charge in [-0.05, 0) is 89.8 Å². The number of nitrogens with zero attached hydrogens (tertiary/aromatic N) is 1. The van der Waals surface area contributed by atoms with E-state index in [0.29, 0.717) is 22.5 Å². The van der Waals surface area contributed by atoms with Gasteiger partial charge in [-0.25, -0.2) is 4.90 Å². The summed E-state index contributed by atoms with van der Waals surface area (Å²) >= 11 is 3.44. The maximum atomic E-state index is 13.1. The number of nitrogens with one attached hydrogen (secondary N) is 1. The summed E-state index contributed by atoms with van der Waals surface area (Å²) in [6, 6.07) is 15.8. The predicted octanol–water partition coefficient (Wildman–Crippen LogP) is 5.43. The molecule has 0 aromatic heterocycles. The van der Waals surface area contributed by atoms with Crippen LogP contribution in [0.15, 0.2) is 59.1 Å². The second-order valence-corrected chi connectivity index (χ2v) is 8.29. The second kappa shape index (κ2) is 7.54. The molecule has 0 unspecified atom stereocenters. The average Bonchev–Trinajstić information content (AvgIpc) is 2.96. The van der Waals surface area contributed by atoms with Gasteiger partial charge in [-0.2, -0.15) is 0 Å². The standard InChI is InChI=1S/C24H19BrN2O3/c1-13-5-9-20(19(25)10-13)26-22(28)16-7-8-17-18(12-16)24(30)27(23(17)29)21-11-14(2)4-6-15(21)3/h4-12H,1-3H3,(H,26,28). The summed E-state index contributed by atoms with van der Waals surface area (Å²) in [6.45, 7) is 5.73. The molecule has 0 saturated heterocycles. The van der Waals surface area contributed by atoms with Crippen LogP contribution >= 0.6 is 15.9 Å². The SMILES string of the molecule is Cc1ccc(NC(=O)c2ccc3c(c2)C(=O)N(c2cc(C)ccc2C)C3=O)c(Br)c1. The van der Waals surface area contributed by atoms with E-state index in [1.165, 1.54) is 11.0 Å². The van der Waals surface area contributed by atoms with Crippen LogP contribution in [0.2, 0.25) is 0 Å². The van der Waals surface area contributed by atoms with Crippen molar-refractivity contribution in [1.29, 1.82) is 0 Å². The molecule has 1 aliphatic heterocycles. The van der Waals surface area contributed by atoms with Crippen molar-refractivity contribution in [3.63, 3.8) is 0 Å². The molecule has 1 heterocycles. The summed E-state index contributed by atoms with van der Waals surface area (Å²) in [5.41, 5.74) is 4.89. The van der Waals surface area contributed by atoms with E-state index >= 15 is 0 Å². The summed E-state index contributed by atoms with van der Waals surface area (Å²) in [5.74, 6) is -1.15. The Bertz CT molecular complexity index is 1230. The fourth-order valence-electron chi connectivity index (χ4n) is 3.48. The van der Waals surface area contributed by atoms with E-state index in [1.54, 1.807) is 12.1 Å². The molecule has 5 nitrogen and oxygen atoms in total. The van der Waals surface area contributed by atoms with Gasteiger partial charge in [0.05, 0.1) is 22.5 Å². The number of imide groups is 1. The normalized spacial score (nSPS) is 12.9. The van der Waals surface area contributed by atoms with E-state index in [4.69, 9.17) is 0 Å². The highest BCUT2D eigenvalue weighted by molar-refractivity contribution is 9.10. The van der Waals surface area contributed by atoms with Crippen molar-refractivity contribution in [2.75, 3.05) is 10.2 Å². The molecule has 0 spiro atoms. The average molecular weight is 463 g/mol. The molecule has 0 bridgehead atoms. The first-order chi connectivity index (χ1) is 14.3. The fraction of sp³-hybridized carbons (Fsp3) is 0.125. The maximum Gasteiger partial charge on any atom is 0.266 e. The lowest BCUT2D eigenvalue weighted by Gasteiger charge is -2.17. The molecular weight excluding hydrogens is 444 g/mol. The summed E-state index contributed by atoms with van der Waals surface area (Å²) in [6.07, 6.45) is 0. The Kier molecular flexibility index (Phi) is 5.03. The van der Waals surface area contributed by atoms with Gasteiger partial charge >= 0.3 is 0 Å². The number of hydrogen-bond acceptors (Lipinski definition) is 3. The number of carbonyl (C=O) groups excluding carboxylic acids is 3. The van der Waals surface area contributed by atoms with E-state index in [9.17, 15) is 14.4 Å². The van der Waals surface area contributed by atoms with E-state index in [2.05, 4.69) is 21.2 Å². The van der Waals surface area contributed by atoms with Crippen molar-refractivity contribution < 1.29 is 14.4 Å². The van der Waals surface area contributed by atoms with Gasteiger partial charge in [0.1, 0.15) is 0 Å². The van der Waals surface area contributed by atoms with Crippen LogP contribution in [0.1, 0.15) is 47.8 Å². The number of rotatable bonds is 3. The number of carbonyl (C=O) groups is 3. The highest BCUT2D eigenvalue weighted by atomic mass is 79.9. The number of amides is 3. The van der Waals surface area contributed by atoms with Crippen LogP contribution in [0, 0.1) is 20.8 Å². The van der Waals surface area contributed by atoms with E-state index in [1.807, 2.05) is 57.2 Å². The first-order valence-electron chi connectivity index (χ1n) is 9.44. The summed E-state index contributed by atoms with van der Waals surface area (Å²) < 4.78 is 0.768. The smallest absolute Gasteiger partial charge is 0.266 e. The number of fused-ring (bicyclic) bond motifs is 1. The lowest BCUT2D eigenvalue weighted by Crippen LogP contribution is -2.30. The Morgan fingerprint density at radius 2 is 1.50 bits per heavy atom. The van der Waals surface area contributed by atoms with Crippen molar-refractivity contribution in [1.82, 2.24) is 0 Å². The topological polar surface area (TPSA) is 66.5 Å². The monoisotopic (exact) mass is 462 g/mol. The second-order valence-electron chi connectivity index (χ2n) is 7.43. The van der Waals surface area contributed by atoms with E-state index in [-0.39, 0.29) is 17.4 Å². The van der Waals surface area contributed by atoms with Crippen LogP contribution in [0.4, 0.5) is 11.4 Å². The number of aryl methyl sites for hydroxylation is 3. The molecule has 30 heavy (non-hydrogen) atoms. The molecule has 3 amide bonds. The third-order valence-electron chi connectivity index (χ3n) is 5.13. The third-order valence-corrected chi connectivity index (χ3v) is 5.78. The summed E-state index contributed by atoms with van der Waals surface area (Å²) in [4.78, 5) is 39.9. The number of halogens is 1. The molecule has 3 aromatic carbocycles. The van der Waals surface area contributed by atoms with Gasteiger partial charge in [0.15, 0.2) is 0 Å². The zero-order valence-corrected chi connectivity index (χ0v) is 18.3. The number of hydrogen-bond donors (Lipinski definition) is 1. The third kappa shape index (κ3) is 3.44. The predicted molar refractivity (Wildman–Crippen MR) is 120 cm³/mol. The molecule has 0 fully saturated rings. The number of benzene rings is 3. The molecule has 1 aliphatic rings. The largest absolute Gasteiger partial charge is 0.321 e. The summed E-state index contributed by atoms with van der Waals surface area (Å²) in [7, 11) is 0. The van der Waals surface area contributed by atoms with Gasteiger partial charge in [-0.1, -0.05) is 18.2 Å². The van der Waals surface area contributed by atoms with Crippen LogP contribution in [-0.2, 0) is 0 Å². The number of anilines is 2. The van der Waals surface area contributed by atoms with Crippen LogP contribution in [0.5, 0.6) is 0 Å². The van der Waals surface area contributed by atoms with Crippen molar-refractivity contribution in [3.05, 3.63) is 92.5 Å². The molecule has 3 aromatic rings. The molecule has 6 heteroatoms. The van der Waals surface area contributed by atoms with Crippen molar-refractivity contribution in [2.24, 2.45) is 0 Å². The van der Waals surface area contributed by atoms with Gasteiger partial charge in [0.2, 0.25) is 0 Å². The van der Waals surface area contributed by atoms with E-state index in [0.717, 1.165) is 21.2 Å². The first kappa shape index (κ1) is 20.0. The van der Waals surface area contributed by atoms with E-state index < -0.39 is 5.91 Å². The Labute approximate surface area is 182 Å². The fourth-order valence-corrected chi connectivity index (χ4v) is 4.07. The highest BCUT2D eigenvalue weighted by Gasteiger charge is 2.37. The van der Waals surface area contributed by atoms with Crippen LogP contribution in [0.3, 0.4) is 0 Å². The highest BCUT2D eigenvalue weighted by Crippen LogP contribution is 2.32. The van der Waals surface area contributed by atoms with Crippen LogP contribution in [-0.4, -0.2) is 17.7 Å². The van der Waals surface area contributed by atoms with Crippen molar-refractivity contribution in [3.8, 4) is 0 Å². The van der Waals surface area contributed by atoms with Gasteiger partial charge in [-0.15, -0.1) is 0 Å². The van der Waals surface area contributed by atoms with Crippen molar-refractivity contribution in [2.45, 2.75) is 20.8 Å². The van der Waals surface area contributed by atoms with Crippen molar-refractivity contribution >= 4 is 45.0 Å². The Balaban J connectivity index is 1.66. The Hall–Kier alpha value is -3.25. The molecule has 4 rings (SSSR count). The molecule has 0 atom stereocenters. The molecule has 0 radical (unpaired) electrons. The van der Waals surface area contributed by atoms with Crippen LogP contribution < -0.4 is 10.2 Å². The lowest BCUT2D eigenvalue weighted by molar-refractivity contribution is 0.0925. The summed E-state index contributed by atoms with van der Waals surface area (Å²) in [5, 5.41) is 2.83. The van der Waals surface area contributed by atoms with Gasteiger partial charge in [0.25, 0.3) is 17.7 Å². The molecular formula is C24H19BrN2O3.